The quantitative estimate of drug-likeness (QED) is 0.664. The summed E-state index contributed by atoms with van der Waals surface area (Å²) in [6.45, 7) is 3.65. The first kappa shape index (κ1) is 14.3. The second kappa shape index (κ2) is 5.92. The Labute approximate surface area is 121 Å². The number of hydrogen-bond donors (Lipinski definition) is 2. The number of anilines is 2. The van der Waals surface area contributed by atoms with Gasteiger partial charge in [0.1, 0.15) is 11.4 Å². The number of aromatic nitrogens is 2. The summed E-state index contributed by atoms with van der Waals surface area (Å²) in [6.07, 6.45) is 1.85. The summed E-state index contributed by atoms with van der Waals surface area (Å²) in [6, 6.07) is 7.68. The van der Waals surface area contributed by atoms with E-state index >= 15 is 0 Å². The van der Waals surface area contributed by atoms with E-state index < -0.39 is 5.97 Å². The second-order valence-electron chi connectivity index (χ2n) is 4.32. The highest BCUT2D eigenvalue weighted by Gasteiger charge is 2.18. The lowest BCUT2D eigenvalue weighted by Crippen LogP contribution is -2.10. The minimum atomic E-state index is -1.04. The normalized spacial score (nSPS) is 10.3. The van der Waals surface area contributed by atoms with E-state index in [0.717, 1.165) is 11.3 Å². The van der Waals surface area contributed by atoms with E-state index in [1.54, 1.807) is 6.92 Å². The van der Waals surface area contributed by atoms with Crippen molar-refractivity contribution in [2.24, 2.45) is 0 Å². The van der Waals surface area contributed by atoms with E-state index in [1.165, 1.54) is 11.8 Å². The third-order valence-electron chi connectivity index (χ3n) is 2.75. The first-order valence-electron chi connectivity index (χ1n) is 6.01. The van der Waals surface area contributed by atoms with Gasteiger partial charge in [-0.15, -0.1) is 0 Å². The zero-order valence-corrected chi connectivity index (χ0v) is 12.3. The molecule has 1 aromatic heterocycles. The summed E-state index contributed by atoms with van der Waals surface area (Å²) >= 11 is 1.38. The molecule has 2 aromatic rings. The summed E-state index contributed by atoms with van der Waals surface area (Å²) in [7, 11) is 0. The fourth-order valence-corrected chi connectivity index (χ4v) is 2.26. The number of rotatable bonds is 4. The number of carbonyl (C=O) groups is 1. The number of benzene rings is 1. The van der Waals surface area contributed by atoms with Gasteiger partial charge < -0.3 is 10.4 Å². The van der Waals surface area contributed by atoms with Gasteiger partial charge in [0, 0.05) is 5.69 Å². The second-order valence-corrected chi connectivity index (χ2v) is 5.09. The molecule has 0 saturated carbocycles. The molecule has 2 rings (SSSR count). The Balaban J connectivity index is 2.48. The van der Waals surface area contributed by atoms with Gasteiger partial charge in [0.25, 0.3) is 0 Å². The number of thioether (sulfide) groups is 1. The molecular formula is C14H15N3O2S. The van der Waals surface area contributed by atoms with Crippen LogP contribution in [0.25, 0.3) is 0 Å². The van der Waals surface area contributed by atoms with Gasteiger partial charge >= 0.3 is 5.97 Å². The topological polar surface area (TPSA) is 75.1 Å². The monoisotopic (exact) mass is 289 g/mol. The molecule has 1 aromatic carbocycles. The van der Waals surface area contributed by atoms with Crippen molar-refractivity contribution in [1.82, 2.24) is 9.97 Å². The van der Waals surface area contributed by atoms with E-state index in [1.807, 2.05) is 37.4 Å². The van der Waals surface area contributed by atoms with Crippen LogP contribution in [-0.4, -0.2) is 27.3 Å². The van der Waals surface area contributed by atoms with Crippen molar-refractivity contribution in [3.63, 3.8) is 0 Å². The third-order valence-corrected chi connectivity index (χ3v) is 3.29. The largest absolute Gasteiger partial charge is 0.477 e. The number of hydrogen-bond acceptors (Lipinski definition) is 5. The van der Waals surface area contributed by atoms with Crippen LogP contribution in [0.1, 0.15) is 21.6 Å². The van der Waals surface area contributed by atoms with Crippen LogP contribution in [0.15, 0.2) is 29.4 Å². The van der Waals surface area contributed by atoms with E-state index in [-0.39, 0.29) is 5.56 Å². The summed E-state index contributed by atoms with van der Waals surface area (Å²) in [5, 5.41) is 12.9. The smallest absolute Gasteiger partial charge is 0.341 e. The van der Waals surface area contributed by atoms with Gasteiger partial charge in [-0.2, -0.15) is 0 Å². The van der Waals surface area contributed by atoms with Crippen LogP contribution in [0.4, 0.5) is 11.5 Å². The predicted molar refractivity (Wildman–Crippen MR) is 80.0 cm³/mol. The molecule has 0 radical (unpaired) electrons. The molecule has 0 spiro atoms. The number of nitrogens with one attached hydrogen (secondary N) is 1. The van der Waals surface area contributed by atoms with Crippen LogP contribution < -0.4 is 5.32 Å². The van der Waals surface area contributed by atoms with E-state index in [0.29, 0.717) is 16.7 Å². The fraction of sp³-hybridized carbons (Fsp3) is 0.214. The maximum absolute atomic E-state index is 11.4. The molecule has 2 N–H and O–H groups in total. The average Bonchev–Trinajstić information content (AvgIpc) is 2.37. The molecule has 0 aliphatic rings. The molecule has 1 heterocycles. The van der Waals surface area contributed by atoms with Gasteiger partial charge in [0.05, 0.1) is 5.69 Å². The van der Waals surface area contributed by atoms with Crippen LogP contribution in [-0.2, 0) is 0 Å². The Hall–Kier alpha value is -2.08. The van der Waals surface area contributed by atoms with Crippen molar-refractivity contribution < 1.29 is 9.90 Å². The van der Waals surface area contributed by atoms with Crippen LogP contribution in [0.3, 0.4) is 0 Å². The SMILES string of the molecule is CSc1nc(C)c(C(=O)O)c(Nc2cccc(C)c2)n1. The Morgan fingerprint density at radius 3 is 2.65 bits per heavy atom. The highest BCUT2D eigenvalue weighted by Crippen LogP contribution is 2.24. The van der Waals surface area contributed by atoms with Gasteiger partial charge in [0.15, 0.2) is 5.16 Å². The van der Waals surface area contributed by atoms with Crippen molar-refractivity contribution in [3.8, 4) is 0 Å². The predicted octanol–water partition coefficient (Wildman–Crippen LogP) is 3.26. The lowest BCUT2D eigenvalue weighted by atomic mass is 10.2. The lowest BCUT2D eigenvalue weighted by molar-refractivity contribution is 0.0696. The molecule has 104 valence electrons. The van der Waals surface area contributed by atoms with E-state index in [4.69, 9.17) is 0 Å². The van der Waals surface area contributed by atoms with Crippen molar-refractivity contribution in [3.05, 3.63) is 41.1 Å². The molecule has 0 unspecified atom stereocenters. The molecule has 5 nitrogen and oxygen atoms in total. The van der Waals surface area contributed by atoms with Crippen LogP contribution in [0, 0.1) is 13.8 Å². The molecule has 20 heavy (non-hydrogen) atoms. The molecule has 0 amide bonds. The van der Waals surface area contributed by atoms with Gasteiger partial charge in [0.2, 0.25) is 0 Å². The highest BCUT2D eigenvalue weighted by atomic mass is 32.2. The van der Waals surface area contributed by atoms with E-state index in [9.17, 15) is 9.90 Å². The number of nitrogens with zero attached hydrogens (tertiary/aromatic N) is 2. The maximum atomic E-state index is 11.4. The molecule has 0 saturated heterocycles. The van der Waals surface area contributed by atoms with Gasteiger partial charge in [-0.05, 0) is 37.8 Å². The number of carboxylic acids is 1. The molecule has 0 aliphatic heterocycles. The van der Waals surface area contributed by atoms with Gasteiger partial charge in [-0.1, -0.05) is 23.9 Å². The summed E-state index contributed by atoms with van der Waals surface area (Å²) in [4.78, 5) is 19.8. The molecule has 0 aliphatic carbocycles. The van der Waals surface area contributed by atoms with Crippen molar-refractivity contribution >= 4 is 29.2 Å². The molecule has 0 bridgehead atoms. The van der Waals surface area contributed by atoms with Gasteiger partial charge in [-0.3, -0.25) is 0 Å². The van der Waals surface area contributed by atoms with Crippen LogP contribution >= 0.6 is 11.8 Å². The zero-order valence-electron chi connectivity index (χ0n) is 11.5. The summed E-state index contributed by atoms with van der Waals surface area (Å²) in [5.41, 5.74) is 2.44. The summed E-state index contributed by atoms with van der Waals surface area (Å²) < 4.78 is 0. The zero-order chi connectivity index (χ0) is 14.7. The van der Waals surface area contributed by atoms with Gasteiger partial charge in [-0.25, -0.2) is 14.8 Å². The lowest BCUT2D eigenvalue weighted by Gasteiger charge is -2.12. The Morgan fingerprint density at radius 1 is 1.30 bits per heavy atom. The standard InChI is InChI=1S/C14H15N3O2S/c1-8-5-4-6-10(7-8)16-12-11(13(18)19)9(2)15-14(17-12)20-3/h4-7H,1-3H3,(H,18,19)(H,15,16,17). The first-order valence-corrected chi connectivity index (χ1v) is 7.23. The highest BCUT2D eigenvalue weighted by molar-refractivity contribution is 7.98. The van der Waals surface area contributed by atoms with E-state index in [2.05, 4.69) is 15.3 Å². The number of carboxylic acid groups (broad SMARTS) is 1. The maximum Gasteiger partial charge on any atom is 0.341 e. The van der Waals surface area contributed by atoms with Crippen LogP contribution in [0.5, 0.6) is 0 Å². The van der Waals surface area contributed by atoms with Crippen molar-refractivity contribution in [1.29, 1.82) is 0 Å². The van der Waals surface area contributed by atoms with Crippen molar-refractivity contribution in [2.45, 2.75) is 19.0 Å². The Kier molecular flexibility index (Phi) is 4.24. The Morgan fingerprint density at radius 2 is 2.05 bits per heavy atom. The number of aromatic carboxylic acids is 1. The molecular weight excluding hydrogens is 274 g/mol. The Bertz CT molecular complexity index is 659. The summed E-state index contributed by atoms with van der Waals surface area (Å²) in [5.74, 6) is -0.717. The van der Waals surface area contributed by atoms with Crippen LogP contribution in [0.2, 0.25) is 0 Å². The average molecular weight is 289 g/mol. The minimum Gasteiger partial charge on any atom is -0.477 e. The fourth-order valence-electron chi connectivity index (χ4n) is 1.84. The molecule has 0 atom stereocenters. The minimum absolute atomic E-state index is 0.101. The third kappa shape index (κ3) is 3.08. The molecule has 6 heteroatoms. The number of aryl methyl sites for hydroxylation is 2. The molecule has 0 fully saturated rings. The van der Waals surface area contributed by atoms with Crippen molar-refractivity contribution in [2.75, 3.05) is 11.6 Å². The first-order chi connectivity index (χ1) is 9.51.